The summed E-state index contributed by atoms with van der Waals surface area (Å²) in [5.74, 6) is -2.17. The minimum absolute atomic E-state index is 0. The smallest absolute Gasteiger partial charge is 0.550 e. The predicted octanol–water partition coefficient (Wildman–Crippen LogP) is -4.41. The summed E-state index contributed by atoms with van der Waals surface area (Å²) in [6, 6.07) is 0. The maximum atomic E-state index is 8.89. The van der Waals surface area contributed by atoms with Gasteiger partial charge in [-0.05, 0) is 13.8 Å². The molecule has 77 valence electrons. The summed E-state index contributed by atoms with van der Waals surface area (Å²) in [6.45, 7) is 1.94. The molecular weight excluding hydrogens is 232 g/mol. The van der Waals surface area contributed by atoms with Gasteiger partial charge >= 0.3 is 17.1 Å². The van der Waals surface area contributed by atoms with Crippen molar-refractivity contribution in [1.82, 2.24) is 24.6 Å². The van der Waals surface area contributed by atoms with Crippen LogP contribution in [0.4, 0.5) is 0 Å². The molecule has 0 spiro atoms. The number of aliphatic carboxylic acids is 2. The minimum atomic E-state index is -1.08. The van der Waals surface area contributed by atoms with E-state index in [1.165, 1.54) is 0 Å². The first-order valence-electron chi connectivity index (χ1n) is 1.82. The van der Waals surface area contributed by atoms with Crippen LogP contribution in [0.3, 0.4) is 0 Å². The van der Waals surface area contributed by atoms with E-state index in [9.17, 15) is 0 Å². The van der Waals surface area contributed by atoms with Crippen LogP contribution in [-0.2, 0) is 26.7 Å². The van der Waals surface area contributed by atoms with Crippen molar-refractivity contribution in [3.63, 3.8) is 0 Å². The molecule has 0 aromatic rings. The Hall–Kier alpha value is -0.701. The molecule has 0 amide bonds. The van der Waals surface area contributed by atoms with Crippen molar-refractivity contribution in [1.29, 1.82) is 0 Å². The summed E-state index contributed by atoms with van der Waals surface area (Å²) in [7, 11) is 0. The molecule has 0 aromatic carbocycles. The van der Waals surface area contributed by atoms with Crippen LogP contribution in [0.2, 0.25) is 0 Å². The predicted molar refractivity (Wildman–Crippen MR) is 29.9 cm³/mol. The third kappa shape index (κ3) is 1990. The Morgan fingerprint density at radius 3 is 0.769 bits per heavy atom. The van der Waals surface area contributed by atoms with E-state index in [-0.39, 0.29) is 41.7 Å². The normalized spacial score (nSPS) is 3.85. The number of carboxylic acids is 2. The number of carboxylic acid groups (broad SMARTS) is 2. The van der Waals surface area contributed by atoms with Gasteiger partial charge in [0.05, 0.1) is 0 Å². The zero-order valence-corrected chi connectivity index (χ0v) is 7.67. The van der Waals surface area contributed by atoms with E-state index in [4.69, 9.17) is 19.8 Å². The second kappa shape index (κ2) is 42.7. The molecule has 0 unspecified atom stereocenters. The fourth-order valence-corrected chi connectivity index (χ4v) is 0. The van der Waals surface area contributed by atoms with Crippen molar-refractivity contribution in [2.45, 2.75) is 13.8 Å². The van der Waals surface area contributed by atoms with E-state index in [0.29, 0.717) is 0 Å². The summed E-state index contributed by atoms with van der Waals surface area (Å²) in [4.78, 5) is 17.8. The second-order valence-corrected chi connectivity index (χ2v) is 0.983. The van der Waals surface area contributed by atoms with Gasteiger partial charge in [-0.2, -0.15) is 0 Å². The number of hydrogen-bond donors (Lipinski definition) is 0. The molecule has 9 heteroatoms. The topological polar surface area (TPSA) is 202 Å². The first-order valence-corrected chi connectivity index (χ1v) is 1.82. The molecule has 0 aliphatic carbocycles. The van der Waals surface area contributed by atoms with Crippen LogP contribution in [0.5, 0.6) is 0 Å². The van der Waals surface area contributed by atoms with Gasteiger partial charge in [0.25, 0.3) is 0 Å². The van der Waals surface area contributed by atoms with Gasteiger partial charge in [-0.3, -0.25) is 0 Å². The van der Waals surface area contributed by atoms with Crippen molar-refractivity contribution in [2.24, 2.45) is 0 Å². The molecule has 13 radical (unpaired) electrons. The molecule has 0 saturated carbocycles. The maximum absolute atomic E-state index is 8.89. The van der Waals surface area contributed by atoms with Gasteiger partial charge in [0.2, 0.25) is 0 Å². The van der Waals surface area contributed by atoms with E-state index in [0.717, 1.165) is 13.8 Å². The number of hydrogen-bond acceptors (Lipinski definition) is 4. The Morgan fingerprint density at radius 1 is 0.769 bits per heavy atom. The van der Waals surface area contributed by atoms with Crippen LogP contribution < -0.4 is 34.8 Å². The molecule has 0 N–H and O–H groups in total. The van der Waals surface area contributed by atoms with Gasteiger partial charge in [-0.1, -0.05) is 0 Å². The number of nitrogens with zero attached hydrogens (tertiary/aromatic N) is 4. The average Bonchev–Trinajstić information content (AvgIpc) is 1.25. The van der Waals surface area contributed by atoms with Crippen LogP contribution in [-0.4, -0.2) is 11.9 Å². The third-order valence-corrected chi connectivity index (χ3v) is 0. The minimum Gasteiger partial charge on any atom is -0.550 e. The first-order chi connectivity index (χ1) is 3.46. The molecule has 0 bridgehead atoms. The van der Waals surface area contributed by atoms with Crippen LogP contribution in [0.1, 0.15) is 13.8 Å². The molecule has 0 saturated heterocycles. The summed E-state index contributed by atoms with van der Waals surface area (Å²) >= 11 is 0. The Morgan fingerprint density at radius 2 is 0.769 bits per heavy atom. The SMILES string of the molecule is CC(=O)[O-].CC(=O)[O-].[Cu+2].[N].[N].[N].[N]. The van der Waals surface area contributed by atoms with Crippen molar-refractivity contribution in [3.8, 4) is 0 Å². The molecular formula is C4H6CuN4O4. The van der Waals surface area contributed by atoms with Crippen LogP contribution in [0, 0.1) is 0 Å². The average molecular weight is 238 g/mol. The summed E-state index contributed by atoms with van der Waals surface area (Å²) in [6.07, 6.45) is 0. The third-order valence-electron chi connectivity index (χ3n) is 0. The monoisotopic (exact) mass is 237 g/mol. The summed E-state index contributed by atoms with van der Waals surface area (Å²) in [5.41, 5.74) is 0. The number of rotatable bonds is 0. The zero-order chi connectivity index (χ0) is 7.15. The van der Waals surface area contributed by atoms with Crippen molar-refractivity contribution in [3.05, 3.63) is 0 Å². The van der Waals surface area contributed by atoms with E-state index >= 15 is 0 Å². The quantitative estimate of drug-likeness (QED) is 0.382. The van der Waals surface area contributed by atoms with Crippen molar-refractivity contribution >= 4 is 11.9 Å². The van der Waals surface area contributed by atoms with Gasteiger partial charge in [-0.25, -0.2) is 0 Å². The van der Waals surface area contributed by atoms with Gasteiger partial charge in [-0.15, -0.1) is 0 Å². The molecule has 0 aliphatic rings. The first kappa shape index (κ1) is 55.9. The standard InChI is InChI=1S/2C2H4O2.Cu.4N/c2*1-2(3)4;;;;;/h2*1H3,(H,3,4);;;;;/q;;+2;;;;/p-2. The number of carbonyl (C=O) groups excluding carboxylic acids is 2. The Bertz CT molecular complexity index is 82.1. The van der Waals surface area contributed by atoms with Gasteiger partial charge in [0, 0.05) is 36.5 Å². The summed E-state index contributed by atoms with van der Waals surface area (Å²) in [5, 5.41) is 17.8. The van der Waals surface area contributed by atoms with Gasteiger partial charge in [0.1, 0.15) is 0 Å². The fraction of sp³-hybridized carbons (Fsp3) is 0.500. The van der Waals surface area contributed by atoms with Gasteiger partial charge in [0.15, 0.2) is 0 Å². The Kier molecular flexibility index (Phi) is 184. The molecule has 13 heavy (non-hydrogen) atoms. The van der Waals surface area contributed by atoms with E-state index in [2.05, 4.69) is 0 Å². The molecule has 0 rings (SSSR count). The number of carbonyl (C=O) groups is 2. The molecule has 0 aromatic heterocycles. The van der Waals surface area contributed by atoms with E-state index in [1.54, 1.807) is 0 Å². The second-order valence-electron chi connectivity index (χ2n) is 0.983. The van der Waals surface area contributed by atoms with E-state index < -0.39 is 11.9 Å². The van der Waals surface area contributed by atoms with E-state index in [1.807, 2.05) is 0 Å². The van der Waals surface area contributed by atoms with Gasteiger partial charge < -0.3 is 19.8 Å². The molecule has 0 aliphatic heterocycles. The van der Waals surface area contributed by atoms with Crippen molar-refractivity contribution < 1.29 is 36.9 Å². The van der Waals surface area contributed by atoms with Crippen molar-refractivity contribution in [2.75, 3.05) is 0 Å². The van der Waals surface area contributed by atoms with Crippen LogP contribution in [0.15, 0.2) is 0 Å². The zero-order valence-electron chi connectivity index (χ0n) is 6.72. The molecule has 0 heterocycles. The van der Waals surface area contributed by atoms with Crippen LogP contribution >= 0.6 is 0 Å². The van der Waals surface area contributed by atoms with Crippen LogP contribution in [0.25, 0.3) is 0 Å². The molecule has 8 nitrogen and oxygen atoms in total. The molecule has 0 fully saturated rings. The summed E-state index contributed by atoms with van der Waals surface area (Å²) < 4.78 is 0. The largest absolute Gasteiger partial charge is 2.00 e. The maximum Gasteiger partial charge on any atom is 2.00 e. The molecule has 0 atom stereocenters. The fourth-order valence-electron chi connectivity index (χ4n) is 0. The Balaban J connectivity index is -0.00000000800. The Labute approximate surface area is 87.9 Å².